The topological polar surface area (TPSA) is 51.0 Å². The maximum Gasteiger partial charge on any atom is 0.272 e. The third-order valence-electron chi connectivity index (χ3n) is 3.77. The Labute approximate surface area is 141 Å². The highest BCUT2D eigenvalue weighted by Crippen LogP contribution is 2.18. The lowest BCUT2D eigenvalue weighted by atomic mass is 10.3. The smallest absolute Gasteiger partial charge is 0.272 e. The van der Waals surface area contributed by atoms with Crippen LogP contribution in [0.2, 0.25) is 0 Å². The molecule has 0 aliphatic heterocycles. The minimum atomic E-state index is -0.121. The van der Waals surface area contributed by atoms with Crippen molar-refractivity contribution in [2.75, 3.05) is 7.05 Å². The summed E-state index contributed by atoms with van der Waals surface area (Å²) in [5, 5.41) is 0. The molecule has 1 aromatic carbocycles. The van der Waals surface area contributed by atoms with Crippen molar-refractivity contribution < 1.29 is 4.79 Å². The molecule has 0 unspecified atom stereocenters. The van der Waals surface area contributed by atoms with Gasteiger partial charge in [0.25, 0.3) is 5.91 Å². The van der Waals surface area contributed by atoms with Crippen LogP contribution in [0.3, 0.4) is 0 Å². The number of aromatic nitrogens is 3. The number of para-hydroxylation sites is 2. The molecule has 2 aromatic heterocycles. The van der Waals surface area contributed by atoms with E-state index < -0.39 is 0 Å². The van der Waals surface area contributed by atoms with Crippen molar-refractivity contribution in [1.82, 2.24) is 19.4 Å². The van der Waals surface area contributed by atoms with Crippen molar-refractivity contribution >= 4 is 16.9 Å². The molecule has 0 spiro atoms. The van der Waals surface area contributed by atoms with Gasteiger partial charge in [-0.2, -0.15) is 0 Å². The normalized spacial score (nSPS) is 10.8. The molecule has 1 amide bonds. The molecule has 2 heterocycles. The highest BCUT2D eigenvalue weighted by atomic mass is 16.2. The van der Waals surface area contributed by atoms with E-state index in [9.17, 15) is 4.79 Å². The van der Waals surface area contributed by atoms with Gasteiger partial charge in [0.2, 0.25) is 0 Å². The Hall–Kier alpha value is -2.95. The second-order valence-corrected chi connectivity index (χ2v) is 5.94. The van der Waals surface area contributed by atoms with E-state index in [-0.39, 0.29) is 5.91 Å². The number of pyridine rings is 1. The average molecular weight is 320 g/mol. The molecule has 0 bridgehead atoms. The molecule has 0 fully saturated rings. The minimum Gasteiger partial charge on any atom is -0.333 e. The van der Waals surface area contributed by atoms with Crippen LogP contribution in [0.15, 0.2) is 60.8 Å². The molecule has 3 aromatic rings. The predicted octanol–water partition coefficient (Wildman–Crippen LogP) is 3.28. The molecule has 24 heavy (non-hydrogen) atoms. The van der Waals surface area contributed by atoms with Crippen molar-refractivity contribution in [3.05, 3.63) is 72.3 Å². The van der Waals surface area contributed by atoms with Gasteiger partial charge in [-0.15, -0.1) is 0 Å². The Bertz CT molecular complexity index is 883. The first kappa shape index (κ1) is 15.9. The summed E-state index contributed by atoms with van der Waals surface area (Å²) in [7, 11) is 1.77. The second kappa shape index (κ2) is 6.66. The Morgan fingerprint density at radius 1 is 1.21 bits per heavy atom. The van der Waals surface area contributed by atoms with Crippen LogP contribution >= 0.6 is 0 Å². The van der Waals surface area contributed by atoms with Crippen molar-refractivity contribution in [2.45, 2.75) is 20.0 Å². The first-order valence-corrected chi connectivity index (χ1v) is 7.81. The lowest BCUT2D eigenvalue weighted by Gasteiger charge is -2.17. The number of hydrogen-bond donors (Lipinski definition) is 0. The first-order chi connectivity index (χ1) is 11.6. The van der Waals surface area contributed by atoms with Crippen molar-refractivity contribution in [3.63, 3.8) is 0 Å². The molecule has 0 saturated carbocycles. The van der Waals surface area contributed by atoms with Crippen molar-refractivity contribution in [3.8, 4) is 0 Å². The fourth-order valence-electron chi connectivity index (χ4n) is 2.66. The minimum absolute atomic E-state index is 0.121. The van der Waals surface area contributed by atoms with E-state index in [0.29, 0.717) is 18.8 Å². The van der Waals surface area contributed by atoms with Crippen molar-refractivity contribution in [1.29, 1.82) is 0 Å². The molecular weight excluding hydrogens is 300 g/mol. The Balaban J connectivity index is 1.91. The number of fused-ring (bicyclic) bond motifs is 1. The van der Waals surface area contributed by atoms with Gasteiger partial charge >= 0.3 is 0 Å². The average Bonchev–Trinajstić information content (AvgIpc) is 2.92. The van der Waals surface area contributed by atoms with Gasteiger partial charge in [-0.3, -0.25) is 9.78 Å². The number of hydrogen-bond acceptors (Lipinski definition) is 3. The van der Waals surface area contributed by atoms with Gasteiger partial charge in [0, 0.05) is 19.8 Å². The van der Waals surface area contributed by atoms with Crippen LogP contribution < -0.4 is 0 Å². The number of amides is 1. The van der Waals surface area contributed by atoms with Crippen molar-refractivity contribution in [2.24, 2.45) is 0 Å². The van der Waals surface area contributed by atoms with Gasteiger partial charge in [-0.25, -0.2) is 4.98 Å². The molecule has 0 aliphatic carbocycles. The van der Waals surface area contributed by atoms with Gasteiger partial charge in [0.1, 0.15) is 11.5 Å². The van der Waals surface area contributed by atoms with Gasteiger partial charge in [-0.05, 0) is 31.2 Å². The molecular formula is C19H20N4O. The maximum absolute atomic E-state index is 12.5. The van der Waals surface area contributed by atoms with E-state index in [2.05, 4.69) is 21.1 Å². The van der Waals surface area contributed by atoms with Gasteiger partial charge in [0.05, 0.1) is 17.6 Å². The summed E-state index contributed by atoms with van der Waals surface area (Å²) in [5.74, 6) is 0.718. The van der Waals surface area contributed by atoms with Crippen LogP contribution in [0.4, 0.5) is 0 Å². The fraction of sp³-hybridized carbons (Fsp3) is 0.211. The number of imidazole rings is 1. The molecule has 5 nitrogen and oxygen atoms in total. The number of carbonyl (C=O) groups is 1. The number of carbonyl (C=O) groups excluding carboxylic acids is 1. The summed E-state index contributed by atoms with van der Waals surface area (Å²) in [6.07, 6.45) is 1.62. The van der Waals surface area contributed by atoms with Crippen LogP contribution in [-0.4, -0.2) is 32.4 Å². The quantitative estimate of drug-likeness (QED) is 0.678. The Morgan fingerprint density at radius 3 is 2.67 bits per heavy atom. The number of nitrogens with zero attached hydrogens (tertiary/aromatic N) is 4. The molecule has 0 saturated heterocycles. The maximum atomic E-state index is 12.5. The zero-order chi connectivity index (χ0) is 17.1. The van der Waals surface area contributed by atoms with Gasteiger partial charge < -0.3 is 9.47 Å². The number of benzene rings is 1. The molecule has 5 heteroatoms. The largest absolute Gasteiger partial charge is 0.333 e. The zero-order valence-corrected chi connectivity index (χ0v) is 13.9. The predicted molar refractivity (Wildman–Crippen MR) is 94.6 cm³/mol. The standard InChI is InChI=1S/C19H20N4O/c1-14(2)12-23-17-10-5-4-8-15(17)21-18(23)13-22(3)19(24)16-9-6-7-11-20-16/h4-11H,1,12-13H2,2-3H3. The molecule has 0 atom stereocenters. The summed E-state index contributed by atoms with van der Waals surface area (Å²) >= 11 is 0. The summed E-state index contributed by atoms with van der Waals surface area (Å²) in [5.41, 5.74) is 3.45. The van der Waals surface area contributed by atoms with Crippen LogP contribution in [-0.2, 0) is 13.1 Å². The molecule has 122 valence electrons. The monoisotopic (exact) mass is 320 g/mol. The second-order valence-electron chi connectivity index (χ2n) is 5.94. The molecule has 0 radical (unpaired) electrons. The third kappa shape index (κ3) is 3.20. The van der Waals surface area contributed by atoms with E-state index >= 15 is 0 Å². The SMILES string of the molecule is C=C(C)Cn1c(CN(C)C(=O)c2ccccn2)nc2ccccc21. The lowest BCUT2D eigenvalue weighted by Crippen LogP contribution is -2.28. The van der Waals surface area contributed by atoms with E-state index in [1.807, 2.05) is 37.3 Å². The summed E-state index contributed by atoms with van der Waals surface area (Å²) in [6.45, 7) is 7.08. The van der Waals surface area contributed by atoms with E-state index in [4.69, 9.17) is 0 Å². The fourth-order valence-corrected chi connectivity index (χ4v) is 2.66. The highest BCUT2D eigenvalue weighted by Gasteiger charge is 2.17. The Morgan fingerprint density at radius 2 is 1.96 bits per heavy atom. The number of allylic oxidation sites excluding steroid dienone is 1. The molecule has 3 rings (SSSR count). The third-order valence-corrected chi connectivity index (χ3v) is 3.77. The zero-order valence-electron chi connectivity index (χ0n) is 13.9. The van der Waals surface area contributed by atoms with Gasteiger partial charge in [-0.1, -0.05) is 30.4 Å². The Kier molecular flexibility index (Phi) is 4.42. The van der Waals surface area contributed by atoms with E-state index in [0.717, 1.165) is 22.4 Å². The van der Waals surface area contributed by atoms with Crippen LogP contribution in [0.5, 0.6) is 0 Å². The van der Waals surface area contributed by atoms with Crippen LogP contribution in [0, 0.1) is 0 Å². The van der Waals surface area contributed by atoms with Crippen LogP contribution in [0.25, 0.3) is 11.0 Å². The lowest BCUT2D eigenvalue weighted by molar-refractivity contribution is 0.0774. The van der Waals surface area contributed by atoms with Gasteiger partial charge in [0.15, 0.2) is 0 Å². The first-order valence-electron chi connectivity index (χ1n) is 7.81. The molecule has 0 aliphatic rings. The number of rotatable bonds is 5. The van der Waals surface area contributed by atoms with E-state index in [1.165, 1.54) is 0 Å². The van der Waals surface area contributed by atoms with E-state index in [1.54, 1.807) is 30.3 Å². The summed E-state index contributed by atoms with van der Waals surface area (Å²) in [6, 6.07) is 13.3. The highest BCUT2D eigenvalue weighted by molar-refractivity contribution is 5.92. The summed E-state index contributed by atoms with van der Waals surface area (Å²) in [4.78, 5) is 23.0. The summed E-state index contributed by atoms with van der Waals surface area (Å²) < 4.78 is 2.11. The molecule has 0 N–H and O–H groups in total. The van der Waals surface area contributed by atoms with Crippen LogP contribution in [0.1, 0.15) is 23.2 Å².